The molecular weight excluding hydrogens is 1380 g/mol. The van der Waals surface area contributed by atoms with E-state index >= 15 is 0 Å². The van der Waals surface area contributed by atoms with E-state index in [1.807, 2.05) is 62.6 Å². The molecule has 0 aromatic heterocycles. The second kappa shape index (κ2) is 21.2. The number of piperazine rings is 2. The van der Waals surface area contributed by atoms with Crippen molar-refractivity contribution >= 4 is 5.91 Å². The van der Waals surface area contributed by atoms with E-state index in [1.54, 1.807) is 0 Å². The van der Waals surface area contributed by atoms with Gasteiger partial charge in [-0.1, -0.05) is 19.1 Å². The smallest absolute Gasteiger partial charge is 0.231 e. The molecule has 75 heavy (non-hydrogen) atoms. The number of nitriles is 2. The van der Waals surface area contributed by atoms with Gasteiger partial charge in [0.25, 0.3) is 0 Å². The molecule has 8 aliphatic heterocycles. The van der Waals surface area contributed by atoms with Gasteiger partial charge in [-0.25, -0.2) is 0 Å². The number of benzene rings is 4. The predicted molar refractivity (Wildman–Crippen MR) is 269 cm³/mol. The van der Waals surface area contributed by atoms with Gasteiger partial charge in [0.2, 0.25) is 19.5 Å². The molecule has 19 heteroatoms. The number of aromatic hydroxyl groups is 4. The summed E-state index contributed by atoms with van der Waals surface area (Å²) in [4.78, 5) is 21.6. The molecule has 0 aliphatic carbocycles. The molecule has 8 aliphatic rings. The van der Waals surface area contributed by atoms with E-state index in [0.717, 1.165) is 73.2 Å². The van der Waals surface area contributed by atoms with Gasteiger partial charge in [-0.05, 0) is 121 Å². The van der Waals surface area contributed by atoms with Crippen molar-refractivity contribution in [3.05, 3.63) is 90.0 Å². The number of ether oxygens (including phenoxy) is 4. The monoisotopic (exact) mass is 1450 g/mol. The average Bonchev–Trinajstić information content (AvgIpc) is 4.11. The van der Waals surface area contributed by atoms with Crippen LogP contribution in [-0.2, 0) is 30.5 Å². The number of phenolic OH excluding ortho intramolecular Hbond substituents is 4. The van der Waals surface area contributed by atoms with Crippen LogP contribution in [0.4, 0.5) is 0 Å². The van der Waals surface area contributed by atoms with Crippen molar-refractivity contribution in [3.8, 4) is 58.1 Å². The molecular formula is C56H66Ac2N8O9. The van der Waals surface area contributed by atoms with Crippen LogP contribution in [0.15, 0.2) is 12.1 Å². The Hall–Kier alpha value is -3.59. The predicted octanol–water partition coefficient (Wildman–Crippen LogP) is 5.92. The summed E-state index contributed by atoms with van der Waals surface area (Å²) in [5.41, 5.74) is 18.7. The Morgan fingerprint density at radius 2 is 1.04 bits per heavy atom. The van der Waals surface area contributed by atoms with E-state index in [2.05, 4.69) is 49.2 Å². The standard InChI is InChI=1S/C30H36N4O5.C26H30N4O4.2Ac/c1-6-7-23(35)32-12-22-25-18(27(36)16(4)29-30(25)39-13-38-29)10-20-26-24-17(8-14(2)15(3)28(24)37)9-19(33(26)5)21(11-31)34(20)22;1-11-5-14-6-16-18(8-27)30-17(22(29(16)4)20(14)24(32)12(11)2)7-15-21(19(30)9-28)26-25(33-10-34-26)13(3)23(15)31;;/h8,19-22,26,36-37H,6-7,9-10,12-13H2,1-5H3,(H,32,35);5,16-19,22,31-32H,6-7,9-10,28H2,1-4H3;;/t19-,20?,21-,22-,26-;16-,17?,18-,19-,22-;;/m00../s1. The minimum absolute atomic E-state index is 0. The summed E-state index contributed by atoms with van der Waals surface area (Å²) in [7, 11) is 4.08. The molecule has 8 heterocycles. The van der Waals surface area contributed by atoms with Gasteiger partial charge < -0.3 is 50.4 Å². The number of carbonyl (C=O) groups is 1. The molecule has 7 N–H and O–H groups in total. The zero-order valence-corrected chi connectivity index (χ0v) is 53.7. The number of nitrogens with one attached hydrogen (secondary N) is 1. The van der Waals surface area contributed by atoms with Gasteiger partial charge in [-0.3, -0.25) is 24.4 Å². The number of nitrogens with two attached hydrogens (primary N) is 1. The molecule has 2 saturated heterocycles. The molecule has 2 radical (unpaired) electrons. The van der Waals surface area contributed by atoms with E-state index in [1.165, 1.54) is 0 Å². The quantitative estimate of drug-likeness (QED) is 0.136. The van der Waals surface area contributed by atoms with Crippen LogP contribution >= 0.6 is 0 Å². The molecule has 1 amide bonds. The third-order valence-corrected chi connectivity index (χ3v) is 18.1. The van der Waals surface area contributed by atoms with Gasteiger partial charge in [0.05, 0.1) is 36.3 Å². The van der Waals surface area contributed by atoms with Crippen molar-refractivity contribution in [2.24, 2.45) is 5.73 Å². The topological polar surface area (TPSA) is 233 Å². The third kappa shape index (κ3) is 8.37. The summed E-state index contributed by atoms with van der Waals surface area (Å²) in [6.45, 7) is 14.2. The minimum atomic E-state index is -0.476. The summed E-state index contributed by atoms with van der Waals surface area (Å²) < 4.78 is 23.3. The number of hydrogen-bond acceptors (Lipinski definition) is 16. The molecule has 4 bridgehead atoms. The van der Waals surface area contributed by atoms with Crippen molar-refractivity contribution < 1.29 is 132 Å². The van der Waals surface area contributed by atoms with Crippen LogP contribution in [-0.4, -0.2) is 123 Å². The largest absolute Gasteiger partial charge is 0.507 e. The number of aryl methyl sites for hydroxylation is 2. The van der Waals surface area contributed by atoms with Crippen LogP contribution in [0.1, 0.15) is 122 Å². The molecule has 4 aromatic carbocycles. The summed E-state index contributed by atoms with van der Waals surface area (Å²) >= 11 is 0. The fraction of sp³-hybridized carbons (Fsp3) is 0.518. The minimum Gasteiger partial charge on any atom is -0.507 e. The van der Waals surface area contributed by atoms with E-state index < -0.39 is 18.1 Å². The molecule has 2 unspecified atom stereocenters. The maximum atomic E-state index is 12.6. The molecule has 390 valence electrons. The van der Waals surface area contributed by atoms with Crippen LogP contribution in [0.25, 0.3) is 0 Å². The number of rotatable bonds is 5. The maximum Gasteiger partial charge on any atom is 0.231 e. The Morgan fingerprint density at radius 3 is 1.45 bits per heavy atom. The number of amides is 1. The van der Waals surface area contributed by atoms with Gasteiger partial charge in [0.1, 0.15) is 35.1 Å². The average molecular weight is 1450 g/mol. The van der Waals surface area contributed by atoms with Crippen LogP contribution in [0, 0.1) is 152 Å². The SMILES string of the molecule is CCCC(=O)NC[C@H]1c2c(c(O)c(C)c3c2OCO3)CC2[C@H]3c4c(cc(C)c(C)c4O)C[C@@H]([C@H](C#N)N21)N3C.Cc1cc2c(c(O)c1C)[C@@H]1C3Cc4c(O)c(C)c5c(c4[C@H](CN)N3[C@@H](C#N)[C@H](C2)N1C)OCO5.[Ac].[Ac]. The van der Waals surface area contributed by atoms with Crippen LogP contribution < -0.4 is 30.0 Å². The molecule has 12 rings (SSSR count). The number of fused-ring (bicyclic) bond motifs is 18. The first-order valence-electron chi connectivity index (χ1n) is 25.6. The second-order valence-electron chi connectivity index (χ2n) is 21.5. The maximum absolute atomic E-state index is 12.6. The third-order valence-electron chi connectivity index (χ3n) is 18.1. The fourth-order valence-corrected chi connectivity index (χ4v) is 14.4. The van der Waals surface area contributed by atoms with E-state index in [-0.39, 0.29) is 174 Å². The van der Waals surface area contributed by atoms with E-state index in [4.69, 9.17) is 24.7 Å². The Morgan fingerprint density at radius 1 is 0.627 bits per heavy atom. The summed E-state index contributed by atoms with van der Waals surface area (Å²) in [6, 6.07) is 7.04. The summed E-state index contributed by atoms with van der Waals surface area (Å²) in [5.74, 6) is 3.26. The van der Waals surface area contributed by atoms with Gasteiger partial charge in [-0.15, -0.1) is 0 Å². The normalized spacial score (nSPS) is 27.2. The van der Waals surface area contributed by atoms with Crippen molar-refractivity contribution in [1.29, 1.82) is 10.5 Å². The van der Waals surface area contributed by atoms with E-state index in [0.29, 0.717) is 77.7 Å². The number of nitrogens with zero attached hydrogens (tertiary/aromatic N) is 6. The number of carbonyl (C=O) groups excluding carboxylic acids is 1. The first-order valence-corrected chi connectivity index (χ1v) is 25.6. The van der Waals surface area contributed by atoms with Gasteiger partial charge in [0.15, 0.2) is 23.0 Å². The number of phenols is 4. The van der Waals surface area contributed by atoms with Gasteiger partial charge in [-0.2, -0.15) is 10.5 Å². The van der Waals surface area contributed by atoms with Gasteiger partial charge in [0, 0.05) is 176 Å². The molecule has 17 nitrogen and oxygen atoms in total. The van der Waals surface area contributed by atoms with Crippen LogP contribution in [0.5, 0.6) is 46.0 Å². The zero-order valence-electron chi connectivity index (χ0n) is 44.2. The number of likely N-dealkylation sites (N-methyl/N-ethyl adjacent to an activating group) is 2. The van der Waals surface area contributed by atoms with Crippen LogP contribution in [0.2, 0.25) is 0 Å². The first kappa shape index (κ1) is 56.1. The summed E-state index contributed by atoms with van der Waals surface area (Å²) in [6.07, 6.45) is 3.44. The first-order chi connectivity index (χ1) is 35.0. The zero-order chi connectivity index (χ0) is 51.8. The Bertz CT molecular complexity index is 3110. The Labute approximate surface area is 510 Å². The van der Waals surface area contributed by atoms with Gasteiger partial charge >= 0.3 is 0 Å². The molecule has 4 aromatic rings. The fourth-order valence-electron chi connectivity index (χ4n) is 14.4. The molecule has 10 atom stereocenters. The van der Waals surface area contributed by atoms with E-state index in [9.17, 15) is 35.7 Å². The summed E-state index contributed by atoms with van der Waals surface area (Å²) in [5, 5.41) is 69.5. The molecule has 0 spiro atoms. The van der Waals surface area contributed by atoms with Crippen LogP contribution in [0.3, 0.4) is 0 Å². The second-order valence-corrected chi connectivity index (χ2v) is 21.5. The van der Waals surface area contributed by atoms with Crippen molar-refractivity contribution in [1.82, 2.24) is 24.9 Å². The van der Waals surface area contributed by atoms with Crippen molar-refractivity contribution in [3.63, 3.8) is 0 Å². The Balaban J connectivity index is 0.000000180. The van der Waals surface area contributed by atoms with Crippen molar-refractivity contribution in [2.75, 3.05) is 40.8 Å². The van der Waals surface area contributed by atoms with Crippen molar-refractivity contribution in [2.45, 2.75) is 147 Å². The number of hydrogen-bond donors (Lipinski definition) is 6. The Kier molecular flexibility index (Phi) is 15.9. The molecule has 0 saturated carbocycles. The molecule has 2 fully saturated rings.